The summed E-state index contributed by atoms with van der Waals surface area (Å²) in [7, 11) is 3.20. The molecule has 9 heteroatoms. The van der Waals surface area contributed by atoms with Gasteiger partial charge in [-0.05, 0) is 42.0 Å². The first-order valence-electron chi connectivity index (χ1n) is 10.4. The first kappa shape index (κ1) is 21.6. The third-order valence-electron chi connectivity index (χ3n) is 5.23. The average Bonchev–Trinajstić information content (AvgIpc) is 3.56. The largest absolute Gasteiger partial charge is 0.493 e. The van der Waals surface area contributed by atoms with E-state index >= 15 is 0 Å². The lowest BCUT2D eigenvalue weighted by Gasteiger charge is -2.08. The normalized spacial score (nSPS) is 10.9. The van der Waals surface area contributed by atoms with Crippen LogP contribution >= 0.6 is 11.3 Å². The van der Waals surface area contributed by atoms with Crippen LogP contribution in [0.5, 0.6) is 11.5 Å². The van der Waals surface area contributed by atoms with Crippen LogP contribution in [0.4, 0.5) is 5.13 Å². The molecule has 0 atom stereocenters. The third kappa shape index (κ3) is 4.33. The van der Waals surface area contributed by atoms with Crippen molar-refractivity contribution in [3.8, 4) is 23.0 Å². The molecule has 0 spiro atoms. The number of carbonyl (C=O) groups excluding carboxylic acids is 1. The van der Waals surface area contributed by atoms with Gasteiger partial charge in [0.15, 0.2) is 17.3 Å². The predicted molar refractivity (Wildman–Crippen MR) is 130 cm³/mol. The van der Waals surface area contributed by atoms with E-state index in [1.807, 2.05) is 48.5 Å². The number of benzene rings is 2. The van der Waals surface area contributed by atoms with Crippen LogP contribution in [0, 0.1) is 0 Å². The highest BCUT2D eigenvalue weighted by Crippen LogP contribution is 2.30. The van der Waals surface area contributed by atoms with Gasteiger partial charge in [0.2, 0.25) is 5.13 Å². The number of para-hydroxylation sites is 1. The molecule has 0 bridgehead atoms. The van der Waals surface area contributed by atoms with Gasteiger partial charge in [-0.1, -0.05) is 35.6 Å². The number of aromatic nitrogens is 3. The number of nitrogens with zero attached hydrogens (tertiary/aromatic N) is 3. The number of anilines is 1. The van der Waals surface area contributed by atoms with E-state index in [0.29, 0.717) is 45.6 Å². The molecule has 2 aromatic carbocycles. The molecule has 34 heavy (non-hydrogen) atoms. The van der Waals surface area contributed by atoms with Crippen molar-refractivity contribution in [3.05, 3.63) is 83.1 Å². The minimum atomic E-state index is -0.291. The number of nitrogens with one attached hydrogen (secondary N) is 1. The average molecular weight is 473 g/mol. The molecule has 0 saturated carbocycles. The van der Waals surface area contributed by atoms with Crippen molar-refractivity contribution >= 4 is 33.3 Å². The van der Waals surface area contributed by atoms with E-state index in [9.17, 15) is 4.79 Å². The monoisotopic (exact) mass is 472 g/mol. The number of hydrogen-bond donors (Lipinski definition) is 1. The minimum absolute atomic E-state index is 0.291. The quantitative estimate of drug-likeness (QED) is 0.347. The van der Waals surface area contributed by atoms with Gasteiger partial charge in [0.05, 0.1) is 31.6 Å². The van der Waals surface area contributed by atoms with Gasteiger partial charge in [0, 0.05) is 11.8 Å². The van der Waals surface area contributed by atoms with Crippen molar-refractivity contribution in [1.82, 2.24) is 15.2 Å². The fraction of sp³-hybridized carbons (Fsp3) is 0.120. The van der Waals surface area contributed by atoms with Gasteiger partial charge in [0.25, 0.3) is 5.91 Å². The van der Waals surface area contributed by atoms with E-state index in [1.54, 1.807) is 32.6 Å². The van der Waals surface area contributed by atoms with Crippen LogP contribution in [-0.2, 0) is 6.42 Å². The zero-order valence-electron chi connectivity index (χ0n) is 18.4. The Morgan fingerprint density at radius 3 is 2.65 bits per heavy atom. The predicted octanol–water partition coefficient (Wildman–Crippen LogP) is 5.21. The van der Waals surface area contributed by atoms with Crippen LogP contribution in [-0.4, -0.2) is 35.3 Å². The van der Waals surface area contributed by atoms with Crippen molar-refractivity contribution in [3.63, 3.8) is 0 Å². The molecule has 1 amide bonds. The molecule has 8 nitrogen and oxygen atoms in total. The molecule has 3 heterocycles. The summed E-state index contributed by atoms with van der Waals surface area (Å²) in [5.41, 5.74) is 2.76. The molecule has 170 valence electrons. The Hall–Kier alpha value is -4.24. The molecule has 0 fully saturated rings. The van der Waals surface area contributed by atoms with Gasteiger partial charge in [0.1, 0.15) is 10.7 Å². The van der Waals surface area contributed by atoms with Crippen molar-refractivity contribution in [2.45, 2.75) is 6.42 Å². The van der Waals surface area contributed by atoms with E-state index in [4.69, 9.17) is 13.9 Å². The topological polar surface area (TPSA) is 99.4 Å². The van der Waals surface area contributed by atoms with E-state index in [0.717, 1.165) is 16.0 Å². The van der Waals surface area contributed by atoms with E-state index < -0.39 is 0 Å². The second kappa shape index (κ2) is 9.32. The fourth-order valence-corrected chi connectivity index (χ4v) is 4.39. The summed E-state index contributed by atoms with van der Waals surface area (Å²) >= 11 is 1.32. The lowest BCUT2D eigenvalue weighted by molar-refractivity contribution is 0.102. The molecule has 3 aromatic heterocycles. The van der Waals surface area contributed by atoms with Gasteiger partial charge in [-0.15, -0.1) is 10.2 Å². The molecular weight excluding hydrogens is 452 g/mol. The van der Waals surface area contributed by atoms with Crippen LogP contribution in [0.3, 0.4) is 0 Å². The maximum atomic E-state index is 13.2. The molecule has 5 aromatic rings. The molecule has 1 N–H and O–H groups in total. The Kier molecular flexibility index (Phi) is 5.92. The SMILES string of the molecule is COc1ccc(Cc2nnc(NC(=O)c3cc(-c4ccco4)nc4ccccc34)s2)cc1OC. The Morgan fingerprint density at radius 2 is 1.85 bits per heavy atom. The Labute approximate surface area is 199 Å². The highest BCUT2D eigenvalue weighted by atomic mass is 32.1. The van der Waals surface area contributed by atoms with Crippen LogP contribution in [0.2, 0.25) is 0 Å². The lowest BCUT2D eigenvalue weighted by atomic mass is 10.1. The van der Waals surface area contributed by atoms with Crippen molar-refractivity contribution in [2.24, 2.45) is 0 Å². The second-order valence-electron chi connectivity index (χ2n) is 7.37. The van der Waals surface area contributed by atoms with Crippen molar-refractivity contribution < 1.29 is 18.7 Å². The van der Waals surface area contributed by atoms with E-state index in [-0.39, 0.29) is 5.91 Å². The summed E-state index contributed by atoms with van der Waals surface area (Å²) < 4.78 is 16.1. The fourth-order valence-electron chi connectivity index (χ4n) is 3.62. The van der Waals surface area contributed by atoms with Crippen molar-refractivity contribution in [2.75, 3.05) is 19.5 Å². The number of ether oxygens (including phenoxy) is 2. The van der Waals surface area contributed by atoms with Gasteiger partial charge in [-0.25, -0.2) is 4.98 Å². The van der Waals surface area contributed by atoms with Crippen molar-refractivity contribution in [1.29, 1.82) is 0 Å². The van der Waals surface area contributed by atoms with Crippen LogP contribution < -0.4 is 14.8 Å². The van der Waals surface area contributed by atoms with Gasteiger partial charge < -0.3 is 13.9 Å². The number of rotatable bonds is 7. The van der Waals surface area contributed by atoms with Gasteiger partial charge in [-0.3, -0.25) is 10.1 Å². The zero-order chi connectivity index (χ0) is 23.5. The van der Waals surface area contributed by atoms with Gasteiger partial charge in [-0.2, -0.15) is 0 Å². The summed E-state index contributed by atoms with van der Waals surface area (Å²) in [5, 5.41) is 13.2. The highest BCUT2D eigenvalue weighted by Gasteiger charge is 2.17. The Bertz CT molecular complexity index is 1460. The Balaban J connectivity index is 1.39. The smallest absolute Gasteiger partial charge is 0.258 e. The summed E-state index contributed by atoms with van der Waals surface area (Å²) in [5.74, 6) is 1.61. The Morgan fingerprint density at radius 1 is 1.00 bits per heavy atom. The summed E-state index contributed by atoms with van der Waals surface area (Å²) in [6.45, 7) is 0. The van der Waals surface area contributed by atoms with E-state index in [2.05, 4.69) is 20.5 Å². The summed E-state index contributed by atoms with van der Waals surface area (Å²) in [6.07, 6.45) is 2.13. The first-order valence-corrected chi connectivity index (χ1v) is 11.2. The third-order valence-corrected chi connectivity index (χ3v) is 6.06. The standard InChI is InChI=1S/C25H20N4O4S/c1-31-21-10-9-15(12-22(21)32-2)13-23-28-29-25(34-23)27-24(30)17-14-19(20-8-5-11-33-20)26-18-7-4-3-6-16(17)18/h3-12,14H,13H2,1-2H3,(H,27,29,30). The molecule has 0 unspecified atom stereocenters. The van der Waals surface area contributed by atoms with Gasteiger partial charge >= 0.3 is 0 Å². The number of pyridine rings is 1. The number of methoxy groups -OCH3 is 2. The molecule has 0 aliphatic carbocycles. The number of hydrogen-bond acceptors (Lipinski definition) is 8. The number of furan rings is 1. The van der Waals surface area contributed by atoms with Crippen LogP contribution in [0.25, 0.3) is 22.4 Å². The maximum absolute atomic E-state index is 13.2. The lowest BCUT2D eigenvalue weighted by Crippen LogP contribution is -2.13. The molecular formula is C25H20N4O4S. The van der Waals surface area contributed by atoms with Crippen LogP contribution in [0.1, 0.15) is 20.9 Å². The minimum Gasteiger partial charge on any atom is -0.493 e. The second-order valence-corrected chi connectivity index (χ2v) is 8.43. The van der Waals surface area contributed by atoms with E-state index in [1.165, 1.54) is 11.3 Å². The molecule has 0 saturated heterocycles. The summed E-state index contributed by atoms with van der Waals surface area (Å²) in [4.78, 5) is 17.8. The first-order chi connectivity index (χ1) is 16.6. The molecule has 0 aliphatic rings. The zero-order valence-corrected chi connectivity index (χ0v) is 19.3. The summed E-state index contributed by atoms with van der Waals surface area (Å²) in [6, 6.07) is 18.5. The number of fused-ring (bicyclic) bond motifs is 1. The highest BCUT2D eigenvalue weighted by molar-refractivity contribution is 7.15. The molecule has 5 rings (SSSR count). The van der Waals surface area contributed by atoms with Crippen LogP contribution in [0.15, 0.2) is 71.3 Å². The molecule has 0 aliphatic heterocycles. The number of amides is 1. The number of carbonyl (C=O) groups is 1. The molecule has 0 radical (unpaired) electrons. The maximum Gasteiger partial charge on any atom is 0.258 e.